The van der Waals surface area contributed by atoms with Crippen molar-refractivity contribution in [2.75, 3.05) is 31.0 Å². The molecule has 1 heterocycles. The van der Waals surface area contributed by atoms with Crippen molar-refractivity contribution in [2.24, 2.45) is 0 Å². The predicted octanol–water partition coefficient (Wildman–Crippen LogP) is 4.27. The zero-order chi connectivity index (χ0) is 20.8. The molecule has 7 heteroatoms. The molecule has 2 aromatic rings. The topological polar surface area (TPSA) is 62.8 Å². The minimum atomic E-state index is 0.0261. The van der Waals surface area contributed by atoms with Gasteiger partial charge in [0.05, 0.1) is 20.3 Å². The lowest BCUT2D eigenvalue weighted by atomic mass is 10.0. The number of rotatable bonds is 7. The van der Waals surface area contributed by atoms with Gasteiger partial charge in [-0.05, 0) is 61.0 Å². The van der Waals surface area contributed by atoms with Crippen molar-refractivity contribution < 1.29 is 14.3 Å². The largest absolute Gasteiger partial charge is 0.493 e. The van der Waals surface area contributed by atoms with Crippen LogP contribution in [0.3, 0.4) is 0 Å². The number of anilines is 2. The Morgan fingerprint density at radius 2 is 1.97 bits per heavy atom. The van der Waals surface area contributed by atoms with Gasteiger partial charge in [-0.1, -0.05) is 19.1 Å². The first kappa shape index (κ1) is 20.9. The van der Waals surface area contributed by atoms with E-state index in [1.165, 1.54) is 0 Å². The van der Waals surface area contributed by atoms with Crippen LogP contribution >= 0.6 is 12.2 Å². The zero-order valence-electron chi connectivity index (χ0n) is 17.0. The van der Waals surface area contributed by atoms with Gasteiger partial charge in [0.15, 0.2) is 16.6 Å². The number of carbonyl (C=O) groups excluding carboxylic acids is 1. The highest BCUT2D eigenvalue weighted by atomic mass is 32.1. The molecule has 0 radical (unpaired) electrons. The number of amides is 1. The van der Waals surface area contributed by atoms with E-state index in [9.17, 15) is 4.79 Å². The van der Waals surface area contributed by atoms with E-state index >= 15 is 0 Å². The van der Waals surface area contributed by atoms with Crippen molar-refractivity contribution in [2.45, 2.75) is 32.2 Å². The van der Waals surface area contributed by atoms with Crippen molar-refractivity contribution in [3.05, 3.63) is 48.0 Å². The molecule has 0 spiro atoms. The minimum Gasteiger partial charge on any atom is -0.493 e. The molecular weight excluding hydrogens is 386 g/mol. The fourth-order valence-corrected chi connectivity index (χ4v) is 3.75. The molecule has 1 saturated heterocycles. The van der Waals surface area contributed by atoms with Gasteiger partial charge in [-0.2, -0.15) is 0 Å². The van der Waals surface area contributed by atoms with E-state index in [0.717, 1.165) is 36.3 Å². The molecule has 0 aliphatic carbocycles. The SMILES string of the molecule is CCC(NC(=S)Nc1cccc(N2CCCC2=O)c1)c1ccc(OC)c(OC)c1. The molecule has 154 valence electrons. The lowest BCUT2D eigenvalue weighted by Gasteiger charge is -2.22. The van der Waals surface area contributed by atoms with Gasteiger partial charge in [0, 0.05) is 24.3 Å². The molecule has 1 atom stereocenters. The average Bonchev–Trinajstić information content (AvgIpc) is 3.17. The van der Waals surface area contributed by atoms with E-state index in [2.05, 4.69) is 17.6 Å². The molecule has 2 aromatic carbocycles. The second kappa shape index (κ2) is 9.60. The summed E-state index contributed by atoms with van der Waals surface area (Å²) in [6.07, 6.45) is 2.36. The number of nitrogens with zero attached hydrogens (tertiary/aromatic N) is 1. The lowest BCUT2D eigenvalue weighted by Crippen LogP contribution is -2.32. The molecule has 3 rings (SSSR count). The van der Waals surface area contributed by atoms with Crippen molar-refractivity contribution in [3.63, 3.8) is 0 Å². The third-order valence-corrected chi connectivity index (χ3v) is 5.23. The highest BCUT2D eigenvalue weighted by Crippen LogP contribution is 2.31. The van der Waals surface area contributed by atoms with Crippen LogP contribution in [0.1, 0.15) is 37.8 Å². The first-order valence-electron chi connectivity index (χ1n) is 9.75. The molecule has 1 aliphatic heterocycles. The monoisotopic (exact) mass is 413 g/mol. The lowest BCUT2D eigenvalue weighted by molar-refractivity contribution is -0.117. The maximum absolute atomic E-state index is 12.0. The quantitative estimate of drug-likeness (QED) is 0.661. The Morgan fingerprint density at radius 3 is 2.62 bits per heavy atom. The third-order valence-electron chi connectivity index (χ3n) is 5.01. The van der Waals surface area contributed by atoms with Gasteiger partial charge in [-0.3, -0.25) is 4.79 Å². The van der Waals surface area contributed by atoms with E-state index < -0.39 is 0 Å². The van der Waals surface area contributed by atoms with Gasteiger partial charge < -0.3 is 25.0 Å². The fourth-order valence-electron chi connectivity index (χ4n) is 3.49. The summed E-state index contributed by atoms with van der Waals surface area (Å²) in [5, 5.41) is 7.12. The average molecular weight is 414 g/mol. The molecule has 0 aromatic heterocycles. The molecule has 0 bridgehead atoms. The summed E-state index contributed by atoms with van der Waals surface area (Å²) in [4.78, 5) is 13.8. The van der Waals surface area contributed by atoms with Gasteiger partial charge in [0.1, 0.15) is 0 Å². The van der Waals surface area contributed by atoms with Crippen LogP contribution < -0.4 is 25.0 Å². The van der Waals surface area contributed by atoms with Crippen molar-refractivity contribution in [1.82, 2.24) is 5.32 Å². The number of benzene rings is 2. The molecule has 1 unspecified atom stereocenters. The molecule has 1 fully saturated rings. The zero-order valence-corrected chi connectivity index (χ0v) is 17.8. The third kappa shape index (κ3) is 4.98. The van der Waals surface area contributed by atoms with E-state index in [0.29, 0.717) is 23.0 Å². The molecule has 29 heavy (non-hydrogen) atoms. The molecule has 2 N–H and O–H groups in total. The molecule has 1 aliphatic rings. The first-order chi connectivity index (χ1) is 14.0. The van der Waals surface area contributed by atoms with Crippen molar-refractivity contribution >= 4 is 34.6 Å². The minimum absolute atomic E-state index is 0.0261. The van der Waals surface area contributed by atoms with Gasteiger partial charge in [-0.25, -0.2) is 0 Å². The summed E-state index contributed by atoms with van der Waals surface area (Å²) in [5.74, 6) is 1.55. The summed E-state index contributed by atoms with van der Waals surface area (Å²) in [6, 6.07) is 13.7. The van der Waals surface area contributed by atoms with E-state index in [-0.39, 0.29) is 11.9 Å². The van der Waals surface area contributed by atoms with Crippen LogP contribution in [-0.4, -0.2) is 31.8 Å². The number of thiocarbonyl (C=S) groups is 1. The number of methoxy groups -OCH3 is 2. The first-order valence-corrected chi connectivity index (χ1v) is 10.2. The van der Waals surface area contributed by atoms with E-state index in [1.807, 2.05) is 47.4 Å². The normalized spacial score (nSPS) is 14.4. The van der Waals surface area contributed by atoms with Crippen LogP contribution in [0.2, 0.25) is 0 Å². The van der Waals surface area contributed by atoms with Crippen molar-refractivity contribution in [3.8, 4) is 11.5 Å². The summed E-state index contributed by atoms with van der Waals surface area (Å²) < 4.78 is 10.7. The van der Waals surface area contributed by atoms with Crippen LogP contribution in [0.15, 0.2) is 42.5 Å². The second-order valence-electron chi connectivity index (χ2n) is 6.87. The summed E-state index contributed by atoms with van der Waals surface area (Å²) >= 11 is 5.53. The molecule has 1 amide bonds. The van der Waals surface area contributed by atoms with Gasteiger partial charge >= 0.3 is 0 Å². The van der Waals surface area contributed by atoms with Gasteiger partial charge in [0.25, 0.3) is 0 Å². The number of hydrogen-bond donors (Lipinski definition) is 2. The van der Waals surface area contributed by atoms with Crippen LogP contribution in [-0.2, 0) is 4.79 Å². The molecule has 6 nitrogen and oxygen atoms in total. The number of carbonyl (C=O) groups is 1. The van der Waals surface area contributed by atoms with E-state index in [1.54, 1.807) is 14.2 Å². The van der Waals surface area contributed by atoms with Crippen LogP contribution in [0, 0.1) is 0 Å². The Balaban J connectivity index is 1.68. The Hall–Kier alpha value is -2.80. The fraction of sp³-hybridized carbons (Fsp3) is 0.364. The summed E-state index contributed by atoms with van der Waals surface area (Å²) in [6.45, 7) is 2.86. The second-order valence-corrected chi connectivity index (χ2v) is 7.28. The summed E-state index contributed by atoms with van der Waals surface area (Å²) in [5.41, 5.74) is 2.81. The number of hydrogen-bond acceptors (Lipinski definition) is 4. The smallest absolute Gasteiger partial charge is 0.227 e. The van der Waals surface area contributed by atoms with Crippen molar-refractivity contribution in [1.29, 1.82) is 0 Å². The Morgan fingerprint density at radius 1 is 1.17 bits per heavy atom. The van der Waals surface area contributed by atoms with Crippen LogP contribution in [0.5, 0.6) is 11.5 Å². The maximum Gasteiger partial charge on any atom is 0.227 e. The van der Waals surface area contributed by atoms with Gasteiger partial charge in [-0.15, -0.1) is 0 Å². The molecular formula is C22H27N3O3S. The Labute approximate surface area is 177 Å². The Kier molecular flexibility index (Phi) is 6.93. The Bertz CT molecular complexity index is 887. The van der Waals surface area contributed by atoms with Gasteiger partial charge in [0.2, 0.25) is 5.91 Å². The predicted molar refractivity (Wildman–Crippen MR) is 120 cm³/mol. The van der Waals surface area contributed by atoms with Crippen LogP contribution in [0.4, 0.5) is 11.4 Å². The molecule has 0 saturated carbocycles. The maximum atomic E-state index is 12.0. The van der Waals surface area contributed by atoms with Crippen LogP contribution in [0.25, 0.3) is 0 Å². The number of nitrogens with one attached hydrogen (secondary N) is 2. The number of ether oxygens (including phenoxy) is 2. The highest BCUT2D eigenvalue weighted by Gasteiger charge is 2.22. The standard InChI is InChI=1S/C22H27N3O3S/c1-4-18(15-10-11-19(27-2)20(13-15)28-3)24-22(29)23-16-7-5-8-17(14-16)25-12-6-9-21(25)26/h5,7-8,10-11,13-14,18H,4,6,9,12H2,1-3H3,(H2,23,24,29). The van der Waals surface area contributed by atoms with E-state index in [4.69, 9.17) is 21.7 Å². The highest BCUT2D eigenvalue weighted by molar-refractivity contribution is 7.80. The summed E-state index contributed by atoms with van der Waals surface area (Å²) in [7, 11) is 3.25.